The molecule has 0 amide bonds. The maximum Gasteiger partial charge on any atom is 0.191 e. The van der Waals surface area contributed by atoms with Crippen LogP contribution in [0.4, 0.5) is 0 Å². The number of benzene rings is 1. The Morgan fingerprint density at radius 1 is 1.27 bits per heavy atom. The number of aryl methyl sites for hydroxylation is 1. The predicted octanol–water partition coefficient (Wildman–Crippen LogP) is 2.58. The van der Waals surface area contributed by atoms with Gasteiger partial charge in [-0.2, -0.15) is 0 Å². The Morgan fingerprint density at radius 2 is 2.00 bits per heavy atom. The second-order valence-electron chi connectivity index (χ2n) is 4.83. The van der Waals surface area contributed by atoms with Gasteiger partial charge in [-0.05, 0) is 32.4 Å². The SMILES string of the molecule is CCNC(=NCC(C)Oc1ccccc1C)NCCOC.I. The molecule has 0 aromatic heterocycles. The highest BCUT2D eigenvalue weighted by atomic mass is 127. The van der Waals surface area contributed by atoms with E-state index in [1.807, 2.05) is 45.0 Å². The van der Waals surface area contributed by atoms with E-state index in [9.17, 15) is 0 Å². The van der Waals surface area contributed by atoms with Crippen LogP contribution < -0.4 is 15.4 Å². The molecule has 0 radical (unpaired) electrons. The van der Waals surface area contributed by atoms with E-state index in [2.05, 4.69) is 15.6 Å². The number of aliphatic imine (C=N–C) groups is 1. The highest BCUT2D eigenvalue weighted by molar-refractivity contribution is 14.0. The quantitative estimate of drug-likeness (QED) is 0.293. The lowest BCUT2D eigenvalue weighted by atomic mass is 10.2. The standard InChI is InChI=1S/C16H27N3O2.HI/c1-5-17-16(18-10-11-20-4)19-12-14(3)21-15-9-7-6-8-13(15)2;/h6-9,14H,5,10-12H2,1-4H3,(H2,17,18,19);1H. The fourth-order valence-electron chi connectivity index (χ4n) is 1.78. The molecule has 0 fully saturated rings. The molecule has 0 saturated heterocycles. The van der Waals surface area contributed by atoms with Crippen molar-refractivity contribution >= 4 is 29.9 Å². The van der Waals surface area contributed by atoms with Gasteiger partial charge in [0.15, 0.2) is 5.96 Å². The number of ether oxygens (including phenoxy) is 2. The Balaban J connectivity index is 0.00000441. The molecule has 1 aromatic carbocycles. The molecule has 6 heteroatoms. The van der Waals surface area contributed by atoms with Crippen LogP contribution in [0.3, 0.4) is 0 Å². The Bertz CT molecular complexity index is 441. The minimum atomic E-state index is 0. The van der Waals surface area contributed by atoms with Crippen molar-refractivity contribution in [3.8, 4) is 5.75 Å². The van der Waals surface area contributed by atoms with Gasteiger partial charge >= 0.3 is 0 Å². The van der Waals surface area contributed by atoms with Gasteiger partial charge in [-0.3, -0.25) is 0 Å². The van der Waals surface area contributed by atoms with E-state index in [0.717, 1.165) is 30.4 Å². The first-order chi connectivity index (χ1) is 10.2. The van der Waals surface area contributed by atoms with Gasteiger partial charge in [-0.15, -0.1) is 24.0 Å². The highest BCUT2D eigenvalue weighted by Crippen LogP contribution is 2.17. The van der Waals surface area contributed by atoms with Gasteiger partial charge in [-0.25, -0.2) is 4.99 Å². The fourth-order valence-corrected chi connectivity index (χ4v) is 1.78. The van der Waals surface area contributed by atoms with E-state index in [1.165, 1.54) is 0 Å². The maximum atomic E-state index is 5.91. The number of para-hydroxylation sites is 1. The molecule has 0 aliphatic rings. The van der Waals surface area contributed by atoms with Crippen LogP contribution in [-0.2, 0) is 4.74 Å². The summed E-state index contributed by atoms with van der Waals surface area (Å²) in [5.74, 6) is 1.70. The molecule has 1 rings (SSSR count). The number of halogens is 1. The van der Waals surface area contributed by atoms with Gasteiger partial charge in [0.05, 0.1) is 13.2 Å². The van der Waals surface area contributed by atoms with Crippen molar-refractivity contribution in [3.05, 3.63) is 29.8 Å². The van der Waals surface area contributed by atoms with Crippen LogP contribution in [0.15, 0.2) is 29.3 Å². The normalized spacial score (nSPS) is 12.3. The molecule has 1 unspecified atom stereocenters. The van der Waals surface area contributed by atoms with Crippen molar-refractivity contribution in [3.63, 3.8) is 0 Å². The fraction of sp³-hybridized carbons (Fsp3) is 0.562. The van der Waals surface area contributed by atoms with Crippen LogP contribution in [0, 0.1) is 6.92 Å². The van der Waals surface area contributed by atoms with E-state index in [1.54, 1.807) is 7.11 Å². The summed E-state index contributed by atoms with van der Waals surface area (Å²) in [6.45, 7) is 8.91. The third kappa shape index (κ3) is 8.43. The highest BCUT2D eigenvalue weighted by Gasteiger charge is 2.06. The van der Waals surface area contributed by atoms with Crippen LogP contribution in [0.1, 0.15) is 19.4 Å². The zero-order chi connectivity index (χ0) is 15.5. The minimum Gasteiger partial charge on any atom is -0.489 e. The number of methoxy groups -OCH3 is 1. The van der Waals surface area contributed by atoms with Gasteiger partial charge in [0.1, 0.15) is 11.9 Å². The molecule has 0 bridgehead atoms. The minimum absolute atomic E-state index is 0. The second kappa shape index (κ2) is 12.5. The molecule has 5 nitrogen and oxygen atoms in total. The van der Waals surface area contributed by atoms with Crippen molar-refractivity contribution < 1.29 is 9.47 Å². The van der Waals surface area contributed by atoms with Crippen molar-refractivity contribution in [2.75, 3.05) is 33.4 Å². The second-order valence-corrected chi connectivity index (χ2v) is 4.83. The van der Waals surface area contributed by atoms with Crippen molar-refractivity contribution in [2.24, 2.45) is 4.99 Å². The number of guanidine groups is 1. The summed E-state index contributed by atoms with van der Waals surface area (Å²) in [5.41, 5.74) is 1.14. The zero-order valence-corrected chi connectivity index (χ0v) is 16.2. The lowest BCUT2D eigenvalue weighted by Crippen LogP contribution is -2.39. The van der Waals surface area contributed by atoms with Crippen LogP contribution in [0.25, 0.3) is 0 Å². The van der Waals surface area contributed by atoms with Gasteiger partial charge in [0.2, 0.25) is 0 Å². The molecule has 126 valence electrons. The Hall–Kier alpha value is -1.02. The Labute approximate surface area is 150 Å². The lowest BCUT2D eigenvalue weighted by Gasteiger charge is -2.16. The van der Waals surface area contributed by atoms with Crippen molar-refractivity contribution in [2.45, 2.75) is 26.9 Å². The van der Waals surface area contributed by atoms with Crippen molar-refractivity contribution in [1.29, 1.82) is 0 Å². The van der Waals surface area contributed by atoms with E-state index in [-0.39, 0.29) is 30.1 Å². The molecule has 0 spiro atoms. The molecule has 2 N–H and O–H groups in total. The van der Waals surface area contributed by atoms with E-state index < -0.39 is 0 Å². The Kier molecular flexibility index (Phi) is 11.9. The maximum absolute atomic E-state index is 5.91. The number of hydrogen-bond donors (Lipinski definition) is 2. The number of nitrogens with zero attached hydrogens (tertiary/aromatic N) is 1. The first-order valence-corrected chi connectivity index (χ1v) is 7.40. The summed E-state index contributed by atoms with van der Waals surface area (Å²) in [6.07, 6.45) is 0.0176. The summed E-state index contributed by atoms with van der Waals surface area (Å²) in [6, 6.07) is 8.02. The summed E-state index contributed by atoms with van der Waals surface area (Å²) in [4.78, 5) is 4.52. The molecule has 0 aliphatic carbocycles. The Morgan fingerprint density at radius 3 is 2.64 bits per heavy atom. The predicted molar refractivity (Wildman–Crippen MR) is 103 cm³/mol. The topological polar surface area (TPSA) is 54.9 Å². The molecular formula is C16H28IN3O2. The van der Waals surface area contributed by atoms with Gasteiger partial charge in [-0.1, -0.05) is 18.2 Å². The van der Waals surface area contributed by atoms with E-state index >= 15 is 0 Å². The van der Waals surface area contributed by atoms with E-state index in [4.69, 9.17) is 9.47 Å². The summed E-state index contributed by atoms with van der Waals surface area (Å²) in [5, 5.41) is 6.41. The smallest absolute Gasteiger partial charge is 0.191 e. The molecule has 22 heavy (non-hydrogen) atoms. The monoisotopic (exact) mass is 421 g/mol. The van der Waals surface area contributed by atoms with Gasteiger partial charge < -0.3 is 20.1 Å². The van der Waals surface area contributed by atoms with Gasteiger partial charge in [0, 0.05) is 20.2 Å². The van der Waals surface area contributed by atoms with Gasteiger partial charge in [0.25, 0.3) is 0 Å². The number of nitrogens with one attached hydrogen (secondary N) is 2. The third-order valence-corrected chi connectivity index (χ3v) is 2.87. The number of hydrogen-bond acceptors (Lipinski definition) is 3. The molecule has 0 aliphatic heterocycles. The summed E-state index contributed by atoms with van der Waals surface area (Å²) in [7, 11) is 1.68. The molecular weight excluding hydrogens is 393 g/mol. The molecule has 1 aromatic rings. The average molecular weight is 421 g/mol. The van der Waals surface area contributed by atoms with Crippen LogP contribution >= 0.6 is 24.0 Å². The molecule has 0 saturated carbocycles. The summed E-state index contributed by atoms with van der Waals surface area (Å²) >= 11 is 0. The molecule has 0 heterocycles. The average Bonchev–Trinajstić information content (AvgIpc) is 2.47. The van der Waals surface area contributed by atoms with Crippen LogP contribution in [0.5, 0.6) is 5.75 Å². The number of rotatable bonds is 8. The zero-order valence-electron chi connectivity index (χ0n) is 13.9. The molecule has 1 atom stereocenters. The largest absolute Gasteiger partial charge is 0.489 e. The van der Waals surface area contributed by atoms with Crippen molar-refractivity contribution in [1.82, 2.24) is 10.6 Å². The van der Waals surface area contributed by atoms with Crippen LogP contribution in [-0.4, -0.2) is 45.4 Å². The lowest BCUT2D eigenvalue weighted by molar-refractivity contribution is 0.203. The summed E-state index contributed by atoms with van der Waals surface area (Å²) < 4.78 is 10.9. The first kappa shape index (κ1) is 21.0. The van der Waals surface area contributed by atoms with Crippen LogP contribution in [0.2, 0.25) is 0 Å². The first-order valence-electron chi connectivity index (χ1n) is 7.40. The van der Waals surface area contributed by atoms with E-state index in [0.29, 0.717) is 13.2 Å². The third-order valence-electron chi connectivity index (χ3n) is 2.87.